The molecule has 0 aliphatic carbocycles. The van der Waals surface area contributed by atoms with Gasteiger partial charge in [0.15, 0.2) is 0 Å². The summed E-state index contributed by atoms with van der Waals surface area (Å²) in [5.74, 6) is -2.48. The van der Waals surface area contributed by atoms with Crippen LogP contribution < -0.4 is 4.90 Å². The van der Waals surface area contributed by atoms with Gasteiger partial charge in [0.05, 0.1) is 5.69 Å². The summed E-state index contributed by atoms with van der Waals surface area (Å²) in [6, 6.07) is 2.50. The average molecular weight is 288 g/mol. The SMILES string of the molecule is CN(C(=O)C(F)(F)F)c1ccc2ncc([N+](=O)[O-])n2c1. The van der Waals surface area contributed by atoms with Crippen LogP contribution in [0.25, 0.3) is 5.65 Å². The Balaban J connectivity index is 2.48. The van der Waals surface area contributed by atoms with Crippen molar-refractivity contribution in [3.8, 4) is 0 Å². The number of amides is 1. The largest absolute Gasteiger partial charge is 0.471 e. The second-order valence-electron chi connectivity index (χ2n) is 3.85. The Bertz CT molecular complexity index is 695. The molecule has 0 aromatic carbocycles. The maximum absolute atomic E-state index is 12.3. The molecule has 20 heavy (non-hydrogen) atoms. The number of carbonyl (C=O) groups excluding carboxylic acids is 1. The number of pyridine rings is 1. The van der Waals surface area contributed by atoms with Crippen LogP contribution in [0, 0.1) is 10.1 Å². The first-order chi connectivity index (χ1) is 9.21. The summed E-state index contributed by atoms with van der Waals surface area (Å²) in [7, 11) is 0.930. The number of hydrogen-bond donors (Lipinski definition) is 0. The summed E-state index contributed by atoms with van der Waals surface area (Å²) < 4.78 is 38.0. The van der Waals surface area contributed by atoms with Gasteiger partial charge in [0.2, 0.25) is 5.65 Å². The molecule has 7 nitrogen and oxygen atoms in total. The zero-order valence-electron chi connectivity index (χ0n) is 9.96. The number of halogens is 3. The van der Waals surface area contributed by atoms with Crippen LogP contribution in [0.1, 0.15) is 0 Å². The third kappa shape index (κ3) is 2.27. The van der Waals surface area contributed by atoms with Crippen LogP contribution in [0.4, 0.5) is 24.7 Å². The molecule has 0 aliphatic rings. The summed E-state index contributed by atoms with van der Waals surface area (Å²) in [5, 5.41) is 10.7. The van der Waals surface area contributed by atoms with Crippen molar-refractivity contribution in [3.63, 3.8) is 0 Å². The molecule has 1 amide bonds. The van der Waals surface area contributed by atoms with Crippen LogP contribution in [0.15, 0.2) is 24.5 Å². The van der Waals surface area contributed by atoms with Gasteiger partial charge in [-0.3, -0.25) is 4.79 Å². The number of anilines is 1. The van der Waals surface area contributed by atoms with E-state index in [4.69, 9.17) is 0 Å². The third-order valence-electron chi connectivity index (χ3n) is 2.59. The lowest BCUT2D eigenvalue weighted by Gasteiger charge is -2.17. The molecule has 0 fully saturated rings. The lowest BCUT2D eigenvalue weighted by molar-refractivity contribution is -0.390. The molecular formula is C10H7F3N4O3. The Kier molecular flexibility index (Phi) is 3.08. The highest BCUT2D eigenvalue weighted by Crippen LogP contribution is 2.24. The number of hydrogen-bond acceptors (Lipinski definition) is 4. The van der Waals surface area contributed by atoms with Gasteiger partial charge in [0, 0.05) is 13.1 Å². The fourth-order valence-corrected chi connectivity index (χ4v) is 1.60. The smallest absolute Gasteiger partial charge is 0.358 e. The van der Waals surface area contributed by atoms with Crippen molar-refractivity contribution in [2.45, 2.75) is 6.18 Å². The van der Waals surface area contributed by atoms with Crippen molar-refractivity contribution in [3.05, 3.63) is 34.6 Å². The Labute approximate surface area is 109 Å². The monoisotopic (exact) mass is 288 g/mol. The summed E-state index contributed by atoms with van der Waals surface area (Å²) in [6.07, 6.45) is -3.00. The van der Waals surface area contributed by atoms with Gasteiger partial charge < -0.3 is 15.0 Å². The van der Waals surface area contributed by atoms with Crippen LogP contribution >= 0.6 is 0 Å². The van der Waals surface area contributed by atoms with Gasteiger partial charge in [0.25, 0.3) is 0 Å². The predicted octanol–water partition coefficient (Wildman–Crippen LogP) is 1.77. The van der Waals surface area contributed by atoms with Crippen LogP contribution in [0.2, 0.25) is 0 Å². The molecular weight excluding hydrogens is 281 g/mol. The first-order valence-corrected chi connectivity index (χ1v) is 5.18. The maximum Gasteiger partial charge on any atom is 0.471 e. The quantitative estimate of drug-likeness (QED) is 0.623. The van der Waals surface area contributed by atoms with E-state index in [-0.39, 0.29) is 11.3 Å². The molecule has 0 N–H and O–H groups in total. The van der Waals surface area contributed by atoms with Gasteiger partial charge in [0.1, 0.15) is 12.4 Å². The van der Waals surface area contributed by atoms with E-state index >= 15 is 0 Å². The van der Waals surface area contributed by atoms with Crippen LogP contribution in [0.3, 0.4) is 0 Å². The lowest BCUT2D eigenvalue weighted by Crippen LogP contribution is -2.38. The molecule has 10 heteroatoms. The van der Waals surface area contributed by atoms with Crippen molar-refractivity contribution < 1.29 is 22.9 Å². The van der Waals surface area contributed by atoms with Gasteiger partial charge in [-0.1, -0.05) is 0 Å². The summed E-state index contributed by atoms with van der Waals surface area (Å²) in [6.45, 7) is 0. The summed E-state index contributed by atoms with van der Waals surface area (Å²) in [5.41, 5.74) is 0.0502. The Hall–Kier alpha value is -2.65. The number of carbonyl (C=O) groups is 1. The Morgan fingerprint density at radius 1 is 1.45 bits per heavy atom. The fraction of sp³-hybridized carbons (Fsp3) is 0.200. The van der Waals surface area contributed by atoms with Crippen LogP contribution in [-0.2, 0) is 4.79 Å². The van der Waals surface area contributed by atoms with Gasteiger partial charge >= 0.3 is 17.9 Å². The molecule has 0 bridgehead atoms. The lowest BCUT2D eigenvalue weighted by atomic mass is 10.3. The average Bonchev–Trinajstić information content (AvgIpc) is 2.78. The molecule has 2 rings (SSSR count). The molecule has 0 spiro atoms. The number of nitro groups is 1. The zero-order valence-corrected chi connectivity index (χ0v) is 9.96. The highest BCUT2D eigenvalue weighted by atomic mass is 19.4. The van der Waals surface area contributed by atoms with Crippen molar-refractivity contribution in [1.82, 2.24) is 9.38 Å². The van der Waals surface area contributed by atoms with Gasteiger partial charge in [-0.25, -0.2) is 4.98 Å². The van der Waals surface area contributed by atoms with Crippen molar-refractivity contribution in [1.29, 1.82) is 0 Å². The number of imidazole rings is 1. The number of rotatable bonds is 2. The third-order valence-corrected chi connectivity index (χ3v) is 2.59. The van der Waals surface area contributed by atoms with E-state index in [0.717, 1.165) is 23.8 Å². The van der Waals surface area contributed by atoms with Crippen molar-refractivity contribution in [2.24, 2.45) is 0 Å². The van der Waals surface area contributed by atoms with Crippen molar-refractivity contribution in [2.75, 3.05) is 11.9 Å². The topological polar surface area (TPSA) is 80.8 Å². The second-order valence-corrected chi connectivity index (χ2v) is 3.85. The summed E-state index contributed by atoms with van der Waals surface area (Å²) >= 11 is 0. The normalized spacial score (nSPS) is 11.6. The summed E-state index contributed by atoms with van der Waals surface area (Å²) in [4.78, 5) is 25.2. The zero-order chi connectivity index (χ0) is 15.1. The second kappa shape index (κ2) is 4.47. The van der Waals surface area contributed by atoms with E-state index in [9.17, 15) is 28.1 Å². The van der Waals surface area contributed by atoms with E-state index < -0.39 is 22.8 Å². The molecule has 0 saturated carbocycles. The molecule has 0 radical (unpaired) electrons. The van der Waals surface area contributed by atoms with Gasteiger partial charge in [-0.15, -0.1) is 0 Å². The first kappa shape index (κ1) is 13.8. The molecule has 2 aromatic rings. The number of fused-ring (bicyclic) bond motifs is 1. The van der Waals surface area contributed by atoms with E-state index in [1.807, 2.05) is 0 Å². The molecule has 0 aliphatic heterocycles. The van der Waals surface area contributed by atoms with E-state index in [2.05, 4.69) is 4.98 Å². The maximum atomic E-state index is 12.3. The number of alkyl halides is 3. The molecule has 2 aromatic heterocycles. The minimum atomic E-state index is -5.02. The minimum absolute atomic E-state index is 0.138. The molecule has 0 unspecified atom stereocenters. The van der Waals surface area contributed by atoms with E-state index in [1.165, 1.54) is 12.1 Å². The molecule has 0 atom stereocenters. The Morgan fingerprint density at radius 3 is 2.65 bits per heavy atom. The van der Waals surface area contributed by atoms with Gasteiger partial charge in [-0.2, -0.15) is 17.6 Å². The minimum Gasteiger partial charge on any atom is -0.358 e. The van der Waals surface area contributed by atoms with Crippen molar-refractivity contribution >= 4 is 23.1 Å². The van der Waals surface area contributed by atoms with E-state index in [1.54, 1.807) is 0 Å². The van der Waals surface area contributed by atoms with Crippen LogP contribution in [0.5, 0.6) is 0 Å². The number of nitrogens with zero attached hydrogens (tertiary/aromatic N) is 4. The number of aromatic nitrogens is 2. The molecule has 2 heterocycles. The highest BCUT2D eigenvalue weighted by molar-refractivity contribution is 5.96. The fourth-order valence-electron chi connectivity index (χ4n) is 1.60. The standard InChI is InChI=1S/C10H7F3N4O3/c1-15(9(18)10(11,12)13)6-2-3-7-14-4-8(17(19)20)16(7)5-6/h2-5H,1H3. The predicted molar refractivity (Wildman–Crippen MR) is 61.3 cm³/mol. The molecule has 106 valence electrons. The van der Waals surface area contributed by atoms with Crippen LogP contribution in [-0.4, -0.2) is 33.4 Å². The van der Waals surface area contributed by atoms with E-state index in [0.29, 0.717) is 4.90 Å². The Morgan fingerprint density at radius 2 is 2.10 bits per heavy atom. The van der Waals surface area contributed by atoms with Gasteiger partial charge in [-0.05, 0) is 11.0 Å². The first-order valence-electron chi connectivity index (χ1n) is 5.18. The highest BCUT2D eigenvalue weighted by Gasteiger charge is 2.42. The molecule has 0 saturated heterocycles.